The Hall–Kier alpha value is 0.310. The average molecular weight is 432 g/mol. The number of rotatable bonds is 4. The van der Waals surface area contributed by atoms with Gasteiger partial charge in [0.05, 0.1) is 10.0 Å². The highest BCUT2D eigenvalue weighted by Crippen LogP contribution is 2.33. The second-order valence-electron chi connectivity index (χ2n) is 5.01. The number of hydrogen-bond donors (Lipinski definition) is 1. The fraction of sp³-hybridized carbons (Fsp3) is 0.750. The fourth-order valence-electron chi connectivity index (χ4n) is 1.95. The van der Waals surface area contributed by atoms with Gasteiger partial charge in [0.15, 0.2) is 0 Å². The first-order valence-electron chi connectivity index (χ1n) is 5.92. The van der Waals surface area contributed by atoms with Gasteiger partial charge in [-0.15, -0.1) is 0 Å². The molecule has 3 nitrogen and oxygen atoms in total. The van der Waals surface area contributed by atoms with E-state index in [1.807, 2.05) is 0 Å². The maximum absolute atomic E-state index is 14.2. The highest BCUT2D eigenvalue weighted by molar-refractivity contribution is 14.1. The molecule has 2 unspecified atom stereocenters. The molecule has 1 aliphatic heterocycles. The zero-order valence-electron chi connectivity index (χ0n) is 11.0. The Bertz CT molecular complexity index is 368. The predicted molar refractivity (Wildman–Crippen MR) is 87.3 cm³/mol. The lowest BCUT2D eigenvalue weighted by Gasteiger charge is -2.18. The number of aliphatic imine (C=N–C) groups is 1. The summed E-state index contributed by atoms with van der Waals surface area (Å²) in [6.45, 7) is 5.40. The van der Waals surface area contributed by atoms with Crippen molar-refractivity contribution in [2.75, 3.05) is 24.6 Å². The minimum atomic E-state index is -0.659. The Morgan fingerprint density at radius 1 is 1.67 bits per heavy atom. The van der Waals surface area contributed by atoms with Crippen LogP contribution in [0.5, 0.6) is 0 Å². The standard InChI is InChI=1S/C12H20BrFIN3/c1-8(10(14)12(2,13)7-15)17-11(16)9-4-5-18(3)6-9/h9H,4-7H2,1-3H3,(H2,16,17)/b10-8-. The molecule has 1 aliphatic rings. The van der Waals surface area contributed by atoms with Crippen molar-refractivity contribution in [3.05, 3.63) is 11.5 Å². The van der Waals surface area contributed by atoms with Crippen molar-refractivity contribution in [1.82, 2.24) is 4.90 Å². The highest BCUT2D eigenvalue weighted by atomic mass is 127. The number of likely N-dealkylation sites (tertiary alicyclic amines) is 1. The Morgan fingerprint density at radius 2 is 2.28 bits per heavy atom. The summed E-state index contributed by atoms with van der Waals surface area (Å²) in [7, 11) is 2.06. The second-order valence-corrected chi connectivity index (χ2v) is 7.53. The van der Waals surface area contributed by atoms with E-state index >= 15 is 0 Å². The number of hydrogen-bond acceptors (Lipinski definition) is 2. The summed E-state index contributed by atoms with van der Waals surface area (Å²) in [6.07, 6.45) is 0.999. The molecule has 0 aliphatic carbocycles. The minimum Gasteiger partial charge on any atom is -0.387 e. The van der Waals surface area contributed by atoms with Crippen LogP contribution in [0.3, 0.4) is 0 Å². The molecule has 2 atom stereocenters. The quantitative estimate of drug-likeness (QED) is 0.321. The van der Waals surface area contributed by atoms with Crippen LogP contribution in [0, 0.1) is 5.92 Å². The van der Waals surface area contributed by atoms with E-state index in [4.69, 9.17) is 5.73 Å². The predicted octanol–water partition coefficient (Wildman–Crippen LogP) is 3.08. The van der Waals surface area contributed by atoms with Gasteiger partial charge in [-0.3, -0.25) is 0 Å². The third-order valence-electron chi connectivity index (χ3n) is 3.13. The molecule has 1 saturated heterocycles. The van der Waals surface area contributed by atoms with Crippen molar-refractivity contribution in [2.24, 2.45) is 16.6 Å². The van der Waals surface area contributed by atoms with Crippen molar-refractivity contribution in [2.45, 2.75) is 24.6 Å². The first kappa shape index (κ1) is 16.4. The van der Waals surface area contributed by atoms with Crippen molar-refractivity contribution in [3.8, 4) is 0 Å². The lowest BCUT2D eigenvalue weighted by Crippen LogP contribution is -2.27. The van der Waals surface area contributed by atoms with E-state index in [-0.39, 0.29) is 11.7 Å². The molecule has 1 rings (SSSR count). The molecule has 6 heteroatoms. The van der Waals surface area contributed by atoms with Gasteiger partial charge >= 0.3 is 0 Å². The van der Waals surface area contributed by atoms with Gasteiger partial charge in [-0.2, -0.15) is 0 Å². The summed E-state index contributed by atoms with van der Waals surface area (Å²) in [4.78, 5) is 6.46. The van der Waals surface area contributed by atoms with Crippen LogP contribution in [0.1, 0.15) is 20.3 Å². The number of amidine groups is 1. The molecule has 0 aromatic carbocycles. The average Bonchev–Trinajstić information content (AvgIpc) is 2.74. The molecule has 0 aromatic heterocycles. The second kappa shape index (κ2) is 6.65. The lowest BCUT2D eigenvalue weighted by atomic mass is 10.1. The van der Waals surface area contributed by atoms with Crippen LogP contribution in [0.2, 0.25) is 0 Å². The van der Waals surface area contributed by atoms with Crippen molar-refractivity contribution >= 4 is 44.4 Å². The summed E-state index contributed by atoms with van der Waals surface area (Å²) in [5.41, 5.74) is 6.34. The molecule has 0 aromatic rings. The largest absolute Gasteiger partial charge is 0.387 e. The van der Waals surface area contributed by atoms with Crippen LogP contribution in [0.15, 0.2) is 16.5 Å². The zero-order valence-corrected chi connectivity index (χ0v) is 14.8. The Balaban J connectivity index is 2.84. The molecule has 18 heavy (non-hydrogen) atoms. The van der Waals surface area contributed by atoms with Crippen LogP contribution in [0.4, 0.5) is 4.39 Å². The van der Waals surface area contributed by atoms with Crippen LogP contribution in [0.25, 0.3) is 0 Å². The van der Waals surface area contributed by atoms with E-state index in [1.54, 1.807) is 13.8 Å². The first-order chi connectivity index (χ1) is 8.27. The molecule has 0 spiro atoms. The van der Waals surface area contributed by atoms with Crippen LogP contribution in [-0.4, -0.2) is 39.6 Å². The fourth-order valence-corrected chi connectivity index (χ4v) is 2.57. The minimum absolute atomic E-state index is 0.244. The smallest absolute Gasteiger partial charge is 0.138 e. The Kier molecular flexibility index (Phi) is 6.05. The Morgan fingerprint density at radius 3 is 2.72 bits per heavy atom. The number of nitrogens with two attached hydrogens (primary N) is 1. The first-order valence-corrected chi connectivity index (χ1v) is 8.24. The van der Waals surface area contributed by atoms with Gasteiger partial charge in [0.25, 0.3) is 0 Å². The van der Waals surface area contributed by atoms with Gasteiger partial charge in [0.1, 0.15) is 11.7 Å². The van der Waals surface area contributed by atoms with Crippen molar-refractivity contribution < 1.29 is 4.39 Å². The molecule has 0 amide bonds. The normalized spacial score (nSPS) is 27.0. The number of nitrogens with zero attached hydrogens (tertiary/aromatic N) is 2. The summed E-state index contributed by atoms with van der Waals surface area (Å²) in [6, 6.07) is 0. The monoisotopic (exact) mass is 431 g/mol. The molecule has 1 heterocycles. The molecule has 0 radical (unpaired) electrons. The Labute approximate surface area is 130 Å². The van der Waals surface area contributed by atoms with E-state index in [1.165, 1.54) is 0 Å². The van der Waals surface area contributed by atoms with E-state index in [9.17, 15) is 4.39 Å². The lowest BCUT2D eigenvalue weighted by molar-refractivity contribution is 0.410. The SMILES string of the molecule is C/C(N=C(N)C1CCN(C)C1)=C(/F)C(C)(Br)CI. The van der Waals surface area contributed by atoms with E-state index < -0.39 is 4.32 Å². The van der Waals surface area contributed by atoms with Gasteiger partial charge in [-0.1, -0.05) is 38.5 Å². The third kappa shape index (κ3) is 4.16. The van der Waals surface area contributed by atoms with E-state index in [0.717, 1.165) is 19.5 Å². The van der Waals surface area contributed by atoms with Crippen LogP contribution in [-0.2, 0) is 0 Å². The van der Waals surface area contributed by atoms with Gasteiger partial charge in [-0.05, 0) is 33.9 Å². The summed E-state index contributed by atoms with van der Waals surface area (Å²) in [5, 5.41) is 0. The number of alkyl halides is 2. The van der Waals surface area contributed by atoms with Crippen molar-refractivity contribution in [1.29, 1.82) is 0 Å². The van der Waals surface area contributed by atoms with E-state index in [2.05, 4.69) is 55.5 Å². The number of halogens is 3. The maximum atomic E-state index is 14.2. The van der Waals surface area contributed by atoms with Gasteiger partial charge in [0, 0.05) is 16.9 Å². The molecule has 1 fully saturated rings. The molecular formula is C12H20BrFIN3. The summed E-state index contributed by atoms with van der Waals surface area (Å²) in [5.74, 6) is 0.550. The molecule has 104 valence electrons. The number of allylic oxidation sites excluding steroid dienone is 2. The molecular weight excluding hydrogens is 412 g/mol. The molecule has 0 bridgehead atoms. The highest BCUT2D eigenvalue weighted by Gasteiger charge is 2.28. The maximum Gasteiger partial charge on any atom is 0.138 e. The summed E-state index contributed by atoms with van der Waals surface area (Å²) >= 11 is 5.52. The van der Waals surface area contributed by atoms with Crippen LogP contribution >= 0.6 is 38.5 Å². The van der Waals surface area contributed by atoms with Gasteiger partial charge in [0.2, 0.25) is 0 Å². The summed E-state index contributed by atoms with van der Waals surface area (Å²) < 4.78 is 14.1. The molecule has 0 saturated carbocycles. The topological polar surface area (TPSA) is 41.6 Å². The zero-order chi connectivity index (χ0) is 13.9. The van der Waals surface area contributed by atoms with Gasteiger partial charge in [-0.25, -0.2) is 9.38 Å². The van der Waals surface area contributed by atoms with Crippen LogP contribution < -0.4 is 5.73 Å². The third-order valence-corrected chi connectivity index (χ3v) is 6.34. The van der Waals surface area contributed by atoms with E-state index in [0.29, 0.717) is 16.0 Å². The molecule has 2 N–H and O–H groups in total. The van der Waals surface area contributed by atoms with Gasteiger partial charge < -0.3 is 10.6 Å². The van der Waals surface area contributed by atoms with Crippen molar-refractivity contribution in [3.63, 3.8) is 0 Å².